The lowest BCUT2D eigenvalue weighted by Crippen LogP contribution is -2.54. The van der Waals surface area contributed by atoms with Gasteiger partial charge in [0.2, 0.25) is 11.8 Å². The molecule has 1 N–H and O–H groups in total. The summed E-state index contributed by atoms with van der Waals surface area (Å²) in [6.45, 7) is 2.34. The molecule has 1 aromatic carbocycles. The normalized spacial score (nSPS) is 19.9. The number of carbonyl (C=O) groups excluding carboxylic acids is 2. The number of thiazole rings is 1. The van der Waals surface area contributed by atoms with Gasteiger partial charge in [0.15, 0.2) is 0 Å². The van der Waals surface area contributed by atoms with E-state index in [4.69, 9.17) is 0 Å². The largest absolute Gasteiger partial charge is 0.343 e. The molecule has 2 heterocycles. The molecular weight excluding hydrogens is 373 g/mol. The van der Waals surface area contributed by atoms with Crippen molar-refractivity contribution in [3.8, 4) is 0 Å². The van der Waals surface area contributed by atoms with E-state index in [2.05, 4.69) is 10.3 Å². The second-order valence-electron chi connectivity index (χ2n) is 6.23. The maximum atomic E-state index is 13.8. The highest BCUT2D eigenvalue weighted by Crippen LogP contribution is 2.24. The molecule has 0 unspecified atom stereocenters. The average Bonchev–Trinajstić information content (AvgIpc) is 3.02. The first-order valence-electron chi connectivity index (χ1n) is 8.25. The highest BCUT2D eigenvalue weighted by atomic mass is 32.2. The lowest BCUT2D eigenvalue weighted by Gasteiger charge is -2.30. The van der Waals surface area contributed by atoms with Crippen molar-refractivity contribution in [2.75, 3.05) is 12.8 Å². The molecule has 0 bridgehead atoms. The number of thioether (sulfide) groups is 1. The summed E-state index contributed by atoms with van der Waals surface area (Å²) in [5.41, 5.74) is 1.36. The molecule has 26 heavy (non-hydrogen) atoms. The van der Waals surface area contributed by atoms with Crippen LogP contribution >= 0.6 is 23.1 Å². The summed E-state index contributed by atoms with van der Waals surface area (Å²) in [4.78, 5) is 30.9. The van der Waals surface area contributed by atoms with Crippen LogP contribution in [-0.2, 0) is 22.6 Å². The first kappa shape index (κ1) is 18.8. The Balaban J connectivity index is 1.56. The van der Waals surface area contributed by atoms with Crippen LogP contribution in [0.2, 0.25) is 0 Å². The Kier molecular flexibility index (Phi) is 5.93. The number of halogens is 1. The van der Waals surface area contributed by atoms with Gasteiger partial charge in [-0.05, 0) is 25.0 Å². The molecule has 138 valence electrons. The summed E-state index contributed by atoms with van der Waals surface area (Å²) in [5.74, 6) is -0.191. The molecular formula is C18H20FN3O2S2. The number of aromatic nitrogens is 1. The summed E-state index contributed by atoms with van der Waals surface area (Å²) in [5, 5.41) is 5.29. The molecule has 1 aromatic heterocycles. The van der Waals surface area contributed by atoms with E-state index in [0.717, 1.165) is 10.7 Å². The van der Waals surface area contributed by atoms with Crippen LogP contribution < -0.4 is 5.32 Å². The van der Waals surface area contributed by atoms with E-state index in [-0.39, 0.29) is 22.9 Å². The van der Waals surface area contributed by atoms with Gasteiger partial charge in [0.05, 0.1) is 22.5 Å². The van der Waals surface area contributed by atoms with Crippen molar-refractivity contribution in [3.05, 3.63) is 51.7 Å². The molecule has 1 saturated heterocycles. The first-order valence-corrected chi connectivity index (χ1v) is 10.2. The fraction of sp³-hybridized carbons (Fsp3) is 0.389. The molecule has 3 rings (SSSR count). The summed E-state index contributed by atoms with van der Waals surface area (Å²) in [6.07, 6.45) is 0.317. The number of rotatable bonds is 5. The van der Waals surface area contributed by atoms with E-state index in [1.54, 1.807) is 41.5 Å². The van der Waals surface area contributed by atoms with Gasteiger partial charge in [-0.2, -0.15) is 0 Å². The molecule has 1 aliphatic heterocycles. The fourth-order valence-corrected chi connectivity index (χ4v) is 4.58. The van der Waals surface area contributed by atoms with E-state index in [9.17, 15) is 14.0 Å². The Bertz CT molecular complexity index is 811. The van der Waals surface area contributed by atoms with Crippen LogP contribution in [0, 0.1) is 12.7 Å². The number of hydrogen-bond acceptors (Lipinski definition) is 5. The van der Waals surface area contributed by atoms with Crippen molar-refractivity contribution in [3.63, 3.8) is 0 Å². The van der Waals surface area contributed by atoms with Crippen molar-refractivity contribution in [1.82, 2.24) is 15.2 Å². The number of nitrogens with zero attached hydrogens (tertiary/aromatic N) is 2. The highest BCUT2D eigenvalue weighted by Gasteiger charge is 2.34. The summed E-state index contributed by atoms with van der Waals surface area (Å²) in [6, 6.07) is 5.90. The minimum atomic E-state index is -0.561. The van der Waals surface area contributed by atoms with Crippen molar-refractivity contribution < 1.29 is 14.0 Å². The van der Waals surface area contributed by atoms with Gasteiger partial charge in [0.1, 0.15) is 11.9 Å². The molecule has 0 saturated carbocycles. The number of benzene rings is 1. The Morgan fingerprint density at radius 3 is 2.85 bits per heavy atom. The van der Waals surface area contributed by atoms with Crippen LogP contribution in [0.5, 0.6) is 0 Å². The average molecular weight is 394 g/mol. The number of carbonyl (C=O) groups is 2. The van der Waals surface area contributed by atoms with Gasteiger partial charge in [-0.3, -0.25) is 9.59 Å². The SMILES string of the molecule is Cc1nc(CN(C)C(=O)[C@@H]2CS[C@H](Cc3ccccc3F)C(=O)N2)cs1. The summed E-state index contributed by atoms with van der Waals surface area (Å²) in [7, 11) is 1.71. The van der Waals surface area contributed by atoms with E-state index >= 15 is 0 Å². The molecule has 5 nitrogen and oxygen atoms in total. The van der Waals surface area contributed by atoms with Gasteiger partial charge in [-0.15, -0.1) is 23.1 Å². The Hall–Kier alpha value is -1.93. The summed E-state index contributed by atoms with van der Waals surface area (Å²) >= 11 is 2.94. The topological polar surface area (TPSA) is 62.3 Å². The predicted molar refractivity (Wildman–Crippen MR) is 102 cm³/mol. The number of aryl methyl sites for hydroxylation is 1. The number of nitrogens with one attached hydrogen (secondary N) is 1. The van der Waals surface area contributed by atoms with Crippen molar-refractivity contribution >= 4 is 34.9 Å². The van der Waals surface area contributed by atoms with E-state index < -0.39 is 6.04 Å². The van der Waals surface area contributed by atoms with Crippen LogP contribution in [0.4, 0.5) is 4.39 Å². The van der Waals surface area contributed by atoms with Gasteiger partial charge in [0.25, 0.3) is 0 Å². The zero-order valence-electron chi connectivity index (χ0n) is 14.6. The number of hydrogen-bond donors (Lipinski definition) is 1. The quantitative estimate of drug-likeness (QED) is 0.847. The minimum absolute atomic E-state index is 0.138. The van der Waals surface area contributed by atoms with Crippen molar-refractivity contribution in [1.29, 1.82) is 0 Å². The van der Waals surface area contributed by atoms with Crippen LogP contribution in [0.1, 0.15) is 16.3 Å². The lowest BCUT2D eigenvalue weighted by molar-refractivity contribution is -0.135. The zero-order chi connectivity index (χ0) is 18.7. The zero-order valence-corrected chi connectivity index (χ0v) is 16.2. The van der Waals surface area contributed by atoms with Gasteiger partial charge in [-0.1, -0.05) is 18.2 Å². The molecule has 0 radical (unpaired) electrons. The molecule has 0 aliphatic carbocycles. The standard InChI is InChI=1S/C18H20FN3O2S2/c1-11-20-13(9-25-11)8-22(2)18(24)15-10-26-16(17(23)21-15)7-12-5-3-4-6-14(12)19/h3-6,9,15-16H,7-8,10H2,1-2H3,(H,21,23)/t15-,16+/m0/s1. The van der Waals surface area contributed by atoms with Crippen LogP contribution in [0.3, 0.4) is 0 Å². The Morgan fingerprint density at radius 2 is 2.19 bits per heavy atom. The smallest absolute Gasteiger partial charge is 0.246 e. The van der Waals surface area contributed by atoms with Crippen molar-refractivity contribution in [2.45, 2.75) is 31.2 Å². The number of amides is 2. The molecule has 2 atom stereocenters. The van der Waals surface area contributed by atoms with Crippen LogP contribution in [0.15, 0.2) is 29.6 Å². The van der Waals surface area contributed by atoms with E-state index in [1.165, 1.54) is 17.8 Å². The molecule has 2 amide bonds. The van der Waals surface area contributed by atoms with E-state index in [1.807, 2.05) is 12.3 Å². The molecule has 2 aromatic rings. The van der Waals surface area contributed by atoms with Crippen molar-refractivity contribution in [2.24, 2.45) is 0 Å². The maximum absolute atomic E-state index is 13.8. The van der Waals surface area contributed by atoms with Crippen LogP contribution in [0.25, 0.3) is 0 Å². The van der Waals surface area contributed by atoms with Gasteiger partial charge in [0, 0.05) is 18.2 Å². The maximum Gasteiger partial charge on any atom is 0.246 e. The third-order valence-electron chi connectivity index (χ3n) is 4.18. The summed E-state index contributed by atoms with van der Waals surface area (Å²) < 4.78 is 13.8. The first-order chi connectivity index (χ1) is 12.4. The molecule has 1 fully saturated rings. The second kappa shape index (κ2) is 8.18. The van der Waals surface area contributed by atoms with Gasteiger partial charge in [-0.25, -0.2) is 9.37 Å². The van der Waals surface area contributed by atoms with E-state index in [0.29, 0.717) is 24.3 Å². The van der Waals surface area contributed by atoms with Gasteiger partial charge < -0.3 is 10.2 Å². The Morgan fingerprint density at radius 1 is 1.42 bits per heavy atom. The van der Waals surface area contributed by atoms with Gasteiger partial charge >= 0.3 is 0 Å². The predicted octanol–water partition coefficient (Wildman–Crippen LogP) is 2.39. The van der Waals surface area contributed by atoms with Crippen LogP contribution in [-0.4, -0.2) is 45.8 Å². The molecule has 0 spiro atoms. The molecule has 1 aliphatic rings. The monoisotopic (exact) mass is 393 g/mol. The third-order valence-corrected chi connectivity index (χ3v) is 6.31. The second-order valence-corrected chi connectivity index (χ2v) is 8.53. The third kappa shape index (κ3) is 4.42. The molecule has 8 heteroatoms. The fourth-order valence-electron chi connectivity index (χ4n) is 2.81. The minimum Gasteiger partial charge on any atom is -0.343 e. The number of likely N-dealkylation sites (N-methyl/N-ethyl adjacent to an activating group) is 1. The highest BCUT2D eigenvalue weighted by molar-refractivity contribution is 8.00. The lowest BCUT2D eigenvalue weighted by atomic mass is 10.1. The Labute approximate surface area is 160 Å².